The molecular formula is C22H26F2N4O2. The van der Waals surface area contributed by atoms with Crippen molar-refractivity contribution < 1.29 is 18.3 Å². The van der Waals surface area contributed by atoms with Crippen LogP contribution in [0.2, 0.25) is 0 Å². The van der Waals surface area contributed by atoms with Crippen molar-refractivity contribution in [3.8, 4) is 11.5 Å². The van der Waals surface area contributed by atoms with E-state index in [2.05, 4.69) is 15.6 Å². The van der Waals surface area contributed by atoms with E-state index in [-0.39, 0.29) is 11.7 Å². The Hall–Kier alpha value is -3.03. The molecule has 2 aliphatic rings. The Bertz CT molecular complexity index is 902. The van der Waals surface area contributed by atoms with Crippen LogP contribution in [-0.2, 0) is 6.54 Å². The van der Waals surface area contributed by atoms with Gasteiger partial charge in [-0.05, 0) is 24.6 Å². The Labute approximate surface area is 174 Å². The smallest absolute Gasteiger partial charge is 0.191 e. The number of nitrogens with one attached hydrogen (secondary N) is 2. The van der Waals surface area contributed by atoms with Crippen LogP contribution >= 0.6 is 0 Å². The molecule has 6 nitrogen and oxygen atoms in total. The van der Waals surface area contributed by atoms with E-state index in [1.807, 2.05) is 18.2 Å². The molecular weight excluding hydrogens is 390 g/mol. The van der Waals surface area contributed by atoms with Gasteiger partial charge in [-0.3, -0.25) is 4.99 Å². The quantitative estimate of drug-likeness (QED) is 0.593. The molecule has 1 atom stereocenters. The van der Waals surface area contributed by atoms with Crippen LogP contribution in [0.1, 0.15) is 18.4 Å². The third-order valence-corrected chi connectivity index (χ3v) is 5.31. The molecule has 0 amide bonds. The molecule has 160 valence electrons. The number of rotatable bonds is 4. The lowest BCUT2D eigenvalue weighted by Crippen LogP contribution is -2.44. The molecule has 2 aliphatic heterocycles. The molecule has 1 saturated heterocycles. The highest BCUT2D eigenvalue weighted by Crippen LogP contribution is 2.33. The number of halogens is 2. The molecule has 0 aliphatic carbocycles. The zero-order valence-electron chi connectivity index (χ0n) is 17.0. The second-order valence-corrected chi connectivity index (χ2v) is 7.37. The first-order chi connectivity index (χ1) is 14.7. The Balaban J connectivity index is 1.36. The van der Waals surface area contributed by atoms with Crippen LogP contribution in [0.15, 0.2) is 41.4 Å². The van der Waals surface area contributed by atoms with Crippen LogP contribution < -0.4 is 25.0 Å². The molecule has 1 fully saturated rings. The minimum atomic E-state index is -0.537. The number of ether oxygens (including phenoxy) is 2. The second-order valence-electron chi connectivity index (χ2n) is 7.37. The van der Waals surface area contributed by atoms with Crippen LogP contribution in [-0.4, -0.2) is 45.4 Å². The molecule has 2 heterocycles. The lowest BCUT2D eigenvalue weighted by molar-refractivity contribution is 0.296. The number of aliphatic imine (C=N–C) groups is 1. The molecule has 2 aromatic rings. The fourth-order valence-corrected chi connectivity index (χ4v) is 3.83. The van der Waals surface area contributed by atoms with E-state index in [0.717, 1.165) is 29.9 Å². The third-order valence-electron chi connectivity index (χ3n) is 5.31. The van der Waals surface area contributed by atoms with Crippen molar-refractivity contribution >= 4 is 11.6 Å². The zero-order chi connectivity index (χ0) is 20.9. The van der Waals surface area contributed by atoms with Crippen LogP contribution in [0.25, 0.3) is 0 Å². The average Bonchev–Trinajstić information content (AvgIpc) is 3.05. The van der Waals surface area contributed by atoms with E-state index in [0.29, 0.717) is 38.8 Å². The largest absolute Gasteiger partial charge is 0.490 e. The SMILES string of the molecule is CN=C(NCc1cccc2c1OCCCO2)NC1CCN(c2c(F)cccc2F)C1. The molecule has 1 unspecified atom stereocenters. The summed E-state index contributed by atoms with van der Waals surface area (Å²) in [6.07, 6.45) is 1.61. The lowest BCUT2D eigenvalue weighted by atomic mass is 10.2. The molecule has 0 bridgehead atoms. The molecule has 0 spiro atoms. The molecule has 30 heavy (non-hydrogen) atoms. The van der Waals surface area contributed by atoms with Crippen LogP contribution in [0.4, 0.5) is 14.5 Å². The standard InChI is InChI=1S/C22H26F2N4O2/c1-25-22(26-13-15-5-2-8-19-21(15)30-12-4-11-29-19)27-16-9-10-28(14-16)20-17(23)6-3-7-18(20)24/h2-3,5-8,16H,4,9-14H2,1H3,(H2,25,26,27). The molecule has 0 aromatic heterocycles. The number of fused-ring (bicyclic) bond motifs is 1. The van der Waals surface area contributed by atoms with Crippen molar-refractivity contribution in [2.24, 2.45) is 4.99 Å². The van der Waals surface area contributed by atoms with Gasteiger partial charge >= 0.3 is 0 Å². The predicted octanol–water partition coefficient (Wildman–Crippen LogP) is 3.07. The Morgan fingerprint density at radius 1 is 1.13 bits per heavy atom. The van der Waals surface area contributed by atoms with E-state index in [1.165, 1.54) is 18.2 Å². The number of hydrogen-bond acceptors (Lipinski definition) is 4. The first-order valence-corrected chi connectivity index (χ1v) is 10.2. The van der Waals surface area contributed by atoms with Gasteiger partial charge in [-0.2, -0.15) is 0 Å². The molecule has 0 radical (unpaired) electrons. The van der Waals surface area contributed by atoms with E-state index < -0.39 is 11.6 Å². The predicted molar refractivity (Wildman–Crippen MR) is 112 cm³/mol. The summed E-state index contributed by atoms with van der Waals surface area (Å²) in [5, 5.41) is 6.64. The lowest BCUT2D eigenvalue weighted by Gasteiger charge is -2.21. The summed E-state index contributed by atoms with van der Waals surface area (Å²) in [5.74, 6) is 1.08. The van der Waals surface area contributed by atoms with E-state index >= 15 is 0 Å². The second kappa shape index (κ2) is 9.19. The number of hydrogen-bond donors (Lipinski definition) is 2. The van der Waals surface area contributed by atoms with Gasteiger partial charge in [-0.25, -0.2) is 8.78 Å². The highest BCUT2D eigenvalue weighted by atomic mass is 19.1. The van der Waals surface area contributed by atoms with Gasteiger partial charge in [-0.1, -0.05) is 18.2 Å². The van der Waals surface area contributed by atoms with E-state index in [4.69, 9.17) is 9.47 Å². The fraction of sp³-hybridized carbons (Fsp3) is 0.409. The number of para-hydroxylation sites is 2. The fourth-order valence-electron chi connectivity index (χ4n) is 3.83. The molecule has 4 rings (SSSR count). The van der Waals surface area contributed by atoms with Gasteiger partial charge < -0.3 is 25.0 Å². The summed E-state index contributed by atoms with van der Waals surface area (Å²) >= 11 is 0. The number of nitrogens with zero attached hydrogens (tertiary/aromatic N) is 2. The minimum Gasteiger partial charge on any atom is -0.490 e. The van der Waals surface area contributed by atoms with Gasteiger partial charge in [0.25, 0.3) is 0 Å². The van der Waals surface area contributed by atoms with Crippen molar-refractivity contribution in [1.29, 1.82) is 0 Å². The molecule has 0 saturated carbocycles. The molecule has 8 heteroatoms. The summed E-state index contributed by atoms with van der Waals surface area (Å²) in [7, 11) is 1.70. The maximum absolute atomic E-state index is 14.1. The number of anilines is 1. The topological polar surface area (TPSA) is 58.1 Å². The van der Waals surface area contributed by atoms with Gasteiger partial charge in [0.2, 0.25) is 0 Å². The van der Waals surface area contributed by atoms with Crippen molar-refractivity contribution in [2.75, 3.05) is 38.3 Å². The summed E-state index contributed by atoms with van der Waals surface area (Å²) in [6, 6.07) is 9.83. The number of benzene rings is 2. The summed E-state index contributed by atoms with van der Waals surface area (Å²) < 4.78 is 39.7. The highest BCUT2D eigenvalue weighted by Gasteiger charge is 2.27. The number of guanidine groups is 1. The minimum absolute atomic E-state index is 0.0303. The third kappa shape index (κ3) is 4.42. The first-order valence-electron chi connectivity index (χ1n) is 10.2. The maximum atomic E-state index is 14.1. The molecule has 2 aromatic carbocycles. The first kappa shape index (κ1) is 20.3. The summed E-state index contributed by atoms with van der Waals surface area (Å²) in [4.78, 5) is 6.02. The Kier molecular flexibility index (Phi) is 6.21. The Morgan fingerprint density at radius 3 is 2.70 bits per heavy atom. The zero-order valence-corrected chi connectivity index (χ0v) is 17.0. The van der Waals surface area contributed by atoms with Gasteiger partial charge in [0, 0.05) is 44.7 Å². The van der Waals surface area contributed by atoms with E-state index in [9.17, 15) is 8.78 Å². The van der Waals surface area contributed by atoms with Crippen molar-refractivity contribution in [1.82, 2.24) is 10.6 Å². The highest BCUT2D eigenvalue weighted by molar-refractivity contribution is 5.80. The van der Waals surface area contributed by atoms with Crippen molar-refractivity contribution in [3.05, 3.63) is 53.6 Å². The van der Waals surface area contributed by atoms with E-state index in [1.54, 1.807) is 11.9 Å². The van der Waals surface area contributed by atoms with Crippen LogP contribution in [0.3, 0.4) is 0 Å². The normalized spacial score (nSPS) is 18.8. The van der Waals surface area contributed by atoms with Crippen molar-refractivity contribution in [2.45, 2.75) is 25.4 Å². The maximum Gasteiger partial charge on any atom is 0.191 e. The van der Waals surface area contributed by atoms with Crippen LogP contribution in [0, 0.1) is 11.6 Å². The Morgan fingerprint density at radius 2 is 1.90 bits per heavy atom. The van der Waals surface area contributed by atoms with Gasteiger partial charge in [0.1, 0.15) is 17.3 Å². The monoisotopic (exact) mass is 416 g/mol. The summed E-state index contributed by atoms with van der Waals surface area (Å²) in [5.41, 5.74) is 1.02. The van der Waals surface area contributed by atoms with Gasteiger partial charge in [-0.15, -0.1) is 0 Å². The van der Waals surface area contributed by atoms with Gasteiger partial charge in [0.15, 0.2) is 17.5 Å². The van der Waals surface area contributed by atoms with Gasteiger partial charge in [0.05, 0.1) is 13.2 Å². The molecule has 2 N–H and O–H groups in total. The summed E-state index contributed by atoms with van der Waals surface area (Å²) in [6.45, 7) is 2.86. The van der Waals surface area contributed by atoms with Crippen LogP contribution in [0.5, 0.6) is 11.5 Å². The van der Waals surface area contributed by atoms with Crippen molar-refractivity contribution in [3.63, 3.8) is 0 Å². The average molecular weight is 416 g/mol.